The Kier molecular flexibility index (Phi) is 5.58. The van der Waals surface area contributed by atoms with Gasteiger partial charge in [0.1, 0.15) is 0 Å². The van der Waals surface area contributed by atoms with Crippen LogP contribution in [0.25, 0.3) is 0 Å². The van der Waals surface area contributed by atoms with E-state index < -0.39 is 0 Å². The lowest BCUT2D eigenvalue weighted by atomic mass is 10.2. The molecule has 1 amide bonds. The third kappa shape index (κ3) is 5.00. The van der Waals surface area contributed by atoms with Crippen molar-refractivity contribution in [1.82, 2.24) is 5.43 Å². The van der Waals surface area contributed by atoms with Gasteiger partial charge in [0.15, 0.2) is 0 Å². The molecule has 1 heterocycles. The smallest absolute Gasteiger partial charge is 0.242 e. The van der Waals surface area contributed by atoms with E-state index in [0.717, 1.165) is 17.1 Å². The molecule has 0 aromatic heterocycles. The molecule has 1 fully saturated rings. The number of halogens is 1. The number of amides is 1. The molecule has 0 radical (unpaired) electrons. The molecule has 1 N–H and O–H groups in total. The number of carbonyl (C=O) groups excluding carboxylic acids is 1. The molecule has 0 bridgehead atoms. The van der Waals surface area contributed by atoms with Crippen molar-refractivity contribution in [3.8, 4) is 0 Å². The summed E-state index contributed by atoms with van der Waals surface area (Å²) in [5.74, 6) is 2.23. The second-order valence-electron chi connectivity index (χ2n) is 4.35. The van der Waals surface area contributed by atoms with Crippen LogP contribution in [-0.4, -0.2) is 27.7 Å². The lowest BCUT2D eigenvalue weighted by molar-refractivity contribution is -0.121. The van der Waals surface area contributed by atoms with Crippen molar-refractivity contribution in [2.24, 2.45) is 5.10 Å². The number of carbonyl (C=O) groups is 1. The van der Waals surface area contributed by atoms with Gasteiger partial charge in [-0.15, -0.1) is 23.5 Å². The highest BCUT2D eigenvalue weighted by Crippen LogP contribution is 2.45. The van der Waals surface area contributed by atoms with Crippen LogP contribution in [0, 0.1) is 3.57 Å². The zero-order chi connectivity index (χ0) is 13.7. The molecular weight excluding hydrogens is 391 g/mol. The highest BCUT2D eigenvalue weighted by Gasteiger charge is 2.32. The highest BCUT2D eigenvalue weighted by molar-refractivity contribution is 14.1. The molecule has 6 heteroatoms. The monoisotopic (exact) mass is 406 g/mol. The van der Waals surface area contributed by atoms with Gasteiger partial charge in [-0.05, 0) is 47.2 Å². The van der Waals surface area contributed by atoms with Crippen molar-refractivity contribution in [3.63, 3.8) is 0 Å². The van der Waals surface area contributed by atoms with Gasteiger partial charge in [0.05, 0.1) is 16.7 Å². The topological polar surface area (TPSA) is 41.5 Å². The van der Waals surface area contributed by atoms with Gasteiger partial charge in [0.2, 0.25) is 5.91 Å². The summed E-state index contributed by atoms with van der Waals surface area (Å²) in [5, 5.41) is 4.00. The predicted molar refractivity (Wildman–Crippen MR) is 92.8 cm³/mol. The summed E-state index contributed by atoms with van der Waals surface area (Å²) in [7, 11) is 0. The quantitative estimate of drug-likeness (QED) is 0.474. The maximum atomic E-state index is 11.8. The average molecular weight is 406 g/mol. The van der Waals surface area contributed by atoms with Crippen molar-refractivity contribution in [2.75, 3.05) is 11.5 Å². The van der Waals surface area contributed by atoms with Crippen LogP contribution in [0.2, 0.25) is 0 Å². The van der Waals surface area contributed by atoms with Gasteiger partial charge in [0, 0.05) is 15.1 Å². The lowest BCUT2D eigenvalue weighted by Crippen LogP contribution is -2.26. The van der Waals surface area contributed by atoms with Gasteiger partial charge in [-0.25, -0.2) is 5.43 Å². The first kappa shape index (κ1) is 15.2. The third-order valence-corrected chi connectivity index (χ3v) is 6.66. The number of rotatable bonds is 4. The summed E-state index contributed by atoms with van der Waals surface area (Å²) < 4.78 is 1.20. The molecule has 1 saturated heterocycles. The Bertz CT molecular complexity index is 470. The van der Waals surface area contributed by atoms with Crippen molar-refractivity contribution in [2.45, 2.75) is 17.4 Å². The highest BCUT2D eigenvalue weighted by atomic mass is 127. The summed E-state index contributed by atoms with van der Waals surface area (Å²) in [6.07, 6.45) is 2.18. The minimum absolute atomic E-state index is 0.0163. The van der Waals surface area contributed by atoms with E-state index in [1.54, 1.807) is 6.21 Å². The third-order valence-electron chi connectivity index (χ3n) is 2.65. The molecule has 0 unspecified atom stereocenters. The van der Waals surface area contributed by atoms with E-state index in [0.29, 0.717) is 6.42 Å². The summed E-state index contributed by atoms with van der Waals surface area (Å²) in [6.45, 7) is 2.12. The van der Waals surface area contributed by atoms with Crippen LogP contribution in [0.4, 0.5) is 0 Å². The van der Waals surface area contributed by atoms with E-state index in [1.807, 2.05) is 47.8 Å². The van der Waals surface area contributed by atoms with Gasteiger partial charge in [0.25, 0.3) is 0 Å². The molecular formula is C13H15IN2OS2. The first-order valence-electron chi connectivity index (χ1n) is 5.93. The molecule has 0 saturated carbocycles. The Morgan fingerprint density at radius 1 is 1.42 bits per heavy atom. The number of nitrogens with zero attached hydrogens (tertiary/aromatic N) is 1. The second kappa shape index (κ2) is 6.99. The fourth-order valence-electron chi connectivity index (χ4n) is 1.72. The molecule has 3 nitrogen and oxygen atoms in total. The molecule has 102 valence electrons. The molecule has 1 aromatic carbocycles. The second-order valence-corrected chi connectivity index (χ2v) is 9.05. The first-order chi connectivity index (χ1) is 9.07. The Balaban J connectivity index is 1.81. The Morgan fingerprint density at radius 3 is 2.68 bits per heavy atom. The van der Waals surface area contributed by atoms with Crippen molar-refractivity contribution in [1.29, 1.82) is 0 Å². The van der Waals surface area contributed by atoms with E-state index in [-0.39, 0.29) is 9.99 Å². The maximum Gasteiger partial charge on any atom is 0.242 e. The molecule has 0 aliphatic carbocycles. The standard InChI is InChI=1S/C13H15IN2OS2/c1-13(18-6-7-19-13)8-12(17)16-15-9-10-2-4-11(14)5-3-10/h2-5,9H,6-8H2,1H3,(H,16,17)/b15-9-. The van der Waals surface area contributed by atoms with Gasteiger partial charge in [-0.2, -0.15) is 5.10 Å². The number of thioether (sulfide) groups is 2. The summed E-state index contributed by atoms with van der Waals surface area (Å²) >= 11 is 5.96. The van der Waals surface area contributed by atoms with Crippen LogP contribution in [0.3, 0.4) is 0 Å². The van der Waals surface area contributed by atoms with Crippen molar-refractivity contribution in [3.05, 3.63) is 33.4 Å². The Morgan fingerprint density at radius 2 is 2.05 bits per heavy atom. The maximum absolute atomic E-state index is 11.8. The van der Waals surface area contributed by atoms with Gasteiger partial charge in [-0.3, -0.25) is 4.79 Å². The Labute approximate surface area is 135 Å². The minimum Gasteiger partial charge on any atom is -0.273 e. The number of benzene rings is 1. The number of hydrogen-bond donors (Lipinski definition) is 1. The fourth-order valence-corrected chi connectivity index (χ4v) is 4.91. The molecule has 19 heavy (non-hydrogen) atoms. The van der Waals surface area contributed by atoms with Crippen LogP contribution < -0.4 is 5.43 Å². The van der Waals surface area contributed by atoms with E-state index in [1.165, 1.54) is 3.57 Å². The predicted octanol–water partition coefficient (Wildman–Crippen LogP) is 3.33. The van der Waals surface area contributed by atoms with E-state index >= 15 is 0 Å². The van der Waals surface area contributed by atoms with E-state index in [9.17, 15) is 4.79 Å². The van der Waals surface area contributed by atoms with E-state index in [2.05, 4.69) is 40.0 Å². The Hall–Kier alpha value is -0.210. The zero-order valence-corrected chi connectivity index (χ0v) is 14.3. The normalized spacial score (nSPS) is 17.8. The average Bonchev–Trinajstić information content (AvgIpc) is 2.78. The van der Waals surface area contributed by atoms with Gasteiger partial charge in [-0.1, -0.05) is 12.1 Å². The van der Waals surface area contributed by atoms with Crippen LogP contribution >= 0.6 is 46.1 Å². The molecule has 2 rings (SSSR count). The lowest BCUT2D eigenvalue weighted by Gasteiger charge is -2.19. The number of nitrogens with one attached hydrogen (secondary N) is 1. The van der Waals surface area contributed by atoms with Gasteiger partial charge < -0.3 is 0 Å². The SMILES string of the molecule is CC1(CC(=O)N/N=C\c2ccc(I)cc2)SCCS1. The molecule has 1 aromatic rings. The fraction of sp³-hybridized carbons (Fsp3) is 0.385. The van der Waals surface area contributed by atoms with Crippen LogP contribution in [0.1, 0.15) is 18.9 Å². The number of hydrogen-bond acceptors (Lipinski definition) is 4. The van der Waals surface area contributed by atoms with E-state index in [4.69, 9.17) is 0 Å². The van der Waals surface area contributed by atoms with Crippen LogP contribution in [0.5, 0.6) is 0 Å². The molecule has 0 atom stereocenters. The molecule has 1 aliphatic rings. The molecule has 0 spiro atoms. The number of hydrazone groups is 1. The largest absolute Gasteiger partial charge is 0.273 e. The zero-order valence-electron chi connectivity index (χ0n) is 10.6. The van der Waals surface area contributed by atoms with Crippen LogP contribution in [-0.2, 0) is 4.79 Å². The van der Waals surface area contributed by atoms with Crippen molar-refractivity contribution < 1.29 is 4.79 Å². The summed E-state index contributed by atoms with van der Waals surface area (Å²) in [4.78, 5) is 11.8. The summed E-state index contributed by atoms with van der Waals surface area (Å²) in [6, 6.07) is 7.97. The van der Waals surface area contributed by atoms with Gasteiger partial charge >= 0.3 is 0 Å². The summed E-state index contributed by atoms with van der Waals surface area (Å²) in [5.41, 5.74) is 3.58. The van der Waals surface area contributed by atoms with Crippen molar-refractivity contribution >= 4 is 58.2 Å². The molecule has 1 aliphatic heterocycles. The van der Waals surface area contributed by atoms with Crippen LogP contribution in [0.15, 0.2) is 29.4 Å². The first-order valence-corrected chi connectivity index (χ1v) is 8.98. The minimum atomic E-state index is -0.0221.